The number of pyridine rings is 1. The highest BCUT2D eigenvalue weighted by molar-refractivity contribution is 7.92. The van der Waals surface area contributed by atoms with Crippen LogP contribution in [0.1, 0.15) is 79.5 Å². The normalized spacial score (nSPS) is 15.6. The van der Waals surface area contributed by atoms with Gasteiger partial charge in [-0.2, -0.15) is 19.0 Å². The van der Waals surface area contributed by atoms with Crippen molar-refractivity contribution in [3.05, 3.63) is 87.0 Å². The van der Waals surface area contributed by atoms with E-state index in [0.717, 1.165) is 18.4 Å². The third kappa shape index (κ3) is 8.73. The molecule has 0 aliphatic heterocycles. The van der Waals surface area contributed by atoms with Crippen LogP contribution in [0.3, 0.4) is 0 Å². The van der Waals surface area contributed by atoms with Crippen LogP contribution in [0, 0.1) is 23.5 Å². The molecule has 308 valence electrons. The quantitative estimate of drug-likeness (QED) is 0.0959. The second-order valence-corrected chi connectivity index (χ2v) is 16.6. The van der Waals surface area contributed by atoms with Gasteiger partial charge in [-0.3, -0.25) is 18.9 Å². The lowest BCUT2D eigenvalue weighted by atomic mass is 9.93. The van der Waals surface area contributed by atoms with Crippen LogP contribution in [0.5, 0.6) is 5.75 Å². The van der Waals surface area contributed by atoms with Crippen molar-refractivity contribution in [3.8, 4) is 28.7 Å². The molecule has 1 amide bonds. The largest absolute Gasteiger partial charge is 0.494 e. The van der Waals surface area contributed by atoms with E-state index < -0.39 is 81.8 Å². The Morgan fingerprint density at radius 1 is 1.12 bits per heavy atom. The van der Waals surface area contributed by atoms with Gasteiger partial charge in [0, 0.05) is 36.2 Å². The van der Waals surface area contributed by atoms with Crippen LogP contribution < -0.4 is 14.8 Å². The Kier molecular flexibility index (Phi) is 11.3. The third-order valence-corrected chi connectivity index (χ3v) is 10.1. The number of aromatic nitrogens is 5. The minimum absolute atomic E-state index is 0.0113. The van der Waals surface area contributed by atoms with Gasteiger partial charge >= 0.3 is 0 Å². The summed E-state index contributed by atoms with van der Waals surface area (Å²) >= 11 is 6.60. The van der Waals surface area contributed by atoms with Crippen LogP contribution in [-0.4, -0.2) is 62.9 Å². The van der Waals surface area contributed by atoms with Gasteiger partial charge in [-0.1, -0.05) is 30.5 Å². The van der Waals surface area contributed by atoms with E-state index in [4.69, 9.17) is 21.3 Å². The summed E-state index contributed by atoms with van der Waals surface area (Å²) in [6.07, 6.45) is -3.45. The molecule has 2 atom stereocenters. The minimum Gasteiger partial charge on any atom is -0.494 e. The molecule has 58 heavy (non-hydrogen) atoms. The highest BCUT2D eigenvalue weighted by atomic mass is 35.5. The summed E-state index contributed by atoms with van der Waals surface area (Å²) in [4.78, 5) is 18.7. The molecule has 0 bridgehead atoms. The van der Waals surface area contributed by atoms with Crippen molar-refractivity contribution in [2.45, 2.75) is 70.1 Å². The number of nitrogens with one attached hydrogen (secondary N) is 2. The van der Waals surface area contributed by atoms with Gasteiger partial charge in [0.1, 0.15) is 35.2 Å². The zero-order chi connectivity index (χ0) is 42.6. The number of aliphatic hydroxyl groups is 1. The third-order valence-electron chi connectivity index (χ3n) is 9.18. The van der Waals surface area contributed by atoms with Crippen LogP contribution in [0.4, 0.5) is 32.2 Å². The smallest absolute Gasteiger partial charge is 0.290 e. The van der Waals surface area contributed by atoms with Gasteiger partial charge in [-0.05, 0) is 61.9 Å². The van der Waals surface area contributed by atoms with Crippen LogP contribution in [-0.2, 0) is 40.8 Å². The number of hydrogen-bond acceptors (Lipinski definition) is 8. The second kappa shape index (κ2) is 15.5. The summed E-state index contributed by atoms with van der Waals surface area (Å²) in [5, 5.41) is 21.4. The Balaban J connectivity index is 1.59. The SMILES string of the molecule is COc1cc(-c2ccc(Cl)c3c(NS(C)(=O)=O)nn(C)c23)c([C@H](Cc2cc(F)cc(F)c2)NC(=O)Cn2nc(C(F)F)c3c2C(F)(F)C[C@@H]3C)nc1C#CC(C)(C)O. The number of fused-ring (bicyclic) bond motifs is 2. The van der Waals surface area contributed by atoms with Gasteiger partial charge in [0.05, 0.1) is 41.0 Å². The summed E-state index contributed by atoms with van der Waals surface area (Å²) < 4.78 is 122. The number of sulfonamides is 1. The fourth-order valence-electron chi connectivity index (χ4n) is 7.07. The number of methoxy groups -OCH3 is 1. The number of anilines is 1. The molecule has 3 heterocycles. The number of hydrogen-bond donors (Lipinski definition) is 3. The van der Waals surface area contributed by atoms with Crippen molar-refractivity contribution in [1.29, 1.82) is 0 Å². The molecule has 0 saturated heterocycles. The van der Waals surface area contributed by atoms with Crippen LogP contribution in [0.25, 0.3) is 22.0 Å². The molecule has 0 unspecified atom stereocenters. The fraction of sp³-hybridized carbons (Fsp3) is 0.368. The van der Waals surface area contributed by atoms with Crippen LogP contribution >= 0.6 is 11.6 Å². The monoisotopic (exact) mass is 851 g/mol. The number of halogens is 7. The van der Waals surface area contributed by atoms with Crippen molar-refractivity contribution < 1.29 is 49.4 Å². The molecule has 3 aromatic heterocycles. The lowest BCUT2D eigenvalue weighted by molar-refractivity contribution is -0.122. The number of alkyl halides is 4. The van der Waals surface area contributed by atoms with Crippen molar-refractivity contribution in [2.24, 2.45) is 7.05 Å². The van der Waals surface area contributed by atoms with Crippen LogP contribution in [0.15, 0.2) is 36.4 Å². The minimum atomic E-state index is -3.86. The van der Waals surface area contributed by atoms with E-state index in [1.54, 1.807) is 6.07 Å². The molecular weight excluding hydrogens is 816 g/mol. The lowest BCUT2D eigenvalue weighted by Crippen LogP contribution is -2.35. The van der Waals surface area contributed by atoms with Crippen molar-refractivity contribution >= 4 is 44.3 Å². The topological polar surface area (TPSA) is 153 Å². The first-order valence-corrected chi connectivity index (χ1v) is 19.7. The summed E-state index contributed by atoms with van der Waals surface area (Å²) in [5.41, 5.74) is -2.96. The molecule has 20 heteroatoms. The number of rotatable bonds is 11. The van der Waals surface area contributed by atoms with E-state index in [2.05, 4.69) is 32.1 Å². The number of ether oxygens (including phenoxy) is 1. The predicted octanol–water partition coefficient (Wildman–Crippen LogP) is 6.90. The van der Waals surface area contributed by atoms with Gasteiger partial charge in [0.25, 0.3) is 12.3 Å². The number of nitrogens with zero attached hydrogens (tertiary/aromatic N) is 5. The molecule has 6 rings (SSSR count). The molecule has 1 aliphatic rings. The van der Waals surface area contributed by atoms with Gasteiger partial charge in [0.2, 0.25) is 15.9 Å². The summed E-state index contributed by atoms with van der Waals surface area (Å²) in [6, 6.07) is 5.71. The highest BCUT2D eigenvalue weighted by Crippen LogP contribution is 2.51. The molecule has 3 N–H and O–H groups in total. The Bertz CT molecular complexity index is 2610. The molecule has 2 aromatic carbocycles. The fourth-order valence-corrected chi connectivity index (χ4v) is 7.81. The Morgan fingerprint density at radius 2 is 1.79 bits per heavy atom. The molecule has 1 aliphatic carbocycles. The van der Waals surface area contributed by atoms with Gasteiger partial charge in [0.15, 0.2) is 17.3 Å². The number of carbonyl (C=O) groups excluding carboxylic acids is 1. The lowest BCUT2D eigenvalue weighted by Gasteiger charge is -2.24. The van der Waals surface area contributed by atoms with Gasteiger partial charge in [-0.15, -0.1) is 0 Å². The van der Waals surface area contributed by atoms with Crippen molar-refractivity contribution in [2.75, 3.05) is 18.1 Å². The Morgan fingerprint density at radius 3 is 2.40 bits per heavy atom. The molecular formula is C38H36ClF6N7O5S. The highest BCUT2D eigenvalue weighted by Gasteiger charge is 2.50. The van der Waals surface area contributed by atoms with E-state index in [1.807, 2.05) is 0 Å². The van der Waals surface area contributed by atoms with Crippen LogP contribution in [0.2, 0.25) is 5.02 Å². The number of aryl methyl sites for hydroxylation is 1. The maximum absolute atomic E-state index is 15.2. The summed E-state index contributed by atoms with van der Waals surface area (Å²) in [5.74, 6) is -2.18. The van der Waals surface area contributed by atoms with E-state index in [9.17, 15) is 35.9 Å². The standard InChI is InChI=1S/C38H36ClF6N7O5S/c1-18-16-38(44,45)34-29(18)32(35(42)43)48-52(34)17-28(53)46-26(13-19-11-20(40)14-21(41)12-19)31-23(15-27(57-5)25(47-31)9-10-37(2,3)54)22-7-8-24(39)30-33(22)51(4)49-36(30)50-58(6,55)56/h7-8,11-12,14-15,18,26,35,54H,13,16-17H2,1-6H3,(H,46,53)(H,49,50)/t18-,26-/m0/s1. The van der Waals surface area contributed by atoms with Crippen molar-refractivity contribution in [3.63, 3.8) is 0 Å². The Hall–Kier alpha value is -5.32. The molecule has 0 spiro atoms. The zero-order valence-electron chi connectivity index (χ0n) is 31.7. The van der Waals surface area contributed by atoms with Gasteiger partial charge in [-0.25, -0.2) is 31.0 Å². The zero-order valence-corrected chi connectivity index (χ0v) is 33.3. The van der Waals surface area contributed by atoms with E-state index in [0.29, 0.717) is 10.7 Å². The first kappa shape index (κ1) is 42.3. The number of amides is 1. The van der Waals surface area contributed by atoms with E-state index in [-0.39, 0.29) is 67.6 Å². The number of carbonyl (C=O) groups is 1. The first-order valence-electron chi connectivity index (χ1n) is 17.5. The summed E-state index contributed by atoms with van der Waals surface area (Å²) in [6.45, 7) is 3.22. The maximum Gasteiger partial charge on any atom is 0.290 e. The predicted molar refractivity (Wildman–Crippen MR) is 202 cm³/mol. The molecule has 0 saturated carbocycles. The molecule has 5 aromatic rings. The molecule has 12 nitrogen and oxygen atoms in total. The second-order valence-electron chi connectivity index (χ2n) is 14.5. The average molecular weight is 852 g/mol. The maximum atomic E-state index is 15.2. The average Bonchev–Trinajstić information content (AvgIpc) is 3.71. The van der Waals surface area contributed by atoms with Gasteiger partial charge < -0.3 is 15.2 Å². The number of benzene rings is 2. The molecule has 0 fully saturated rings. The Labute approximate surface area is 333 Å². The summed E-state index contributed by atoms with van der Waals surface area (Å²) in [7, 11) is -1.04. The first-order chi connectivity index (χ1) is 27.0. The van der Waals surface area contributed by atoms with Crippen molar-refractivity contribution in [1.82, 2.24) is 29.9 Å². The molecule has 0 radical (unpaired) electrons. The van der Waals surface area contributed by atoms with E-state index >= 15 is 8.78 Å². The van der Waals surface area contributed by atoms with E-state index in [1.165, 1.54) is 51.7 Å².